The third kappa shape index (κ3) is 14.2. The fourth-order valence-electron chi connectivity index (χ4n) is 1.72. The second-order valence-corrected chi connectivity index (χ2v) is 5.16. The Balaban J connectivity index is 3.96. The van der Waals surface area contributed by atoms with Crippen molar-refractivity contribution < 1.29 is 28.9 Å². The van der Waals surface area contributed by atoms with E-state index in [0.29, 0.717) is 31.9 Å². The van der Waals surface area contributed by atoms with Gasteiger partial charge in [0, 0.05) is 32.1 Å². The number of ether oxygens (including phenoxy) is 2. The molecule has 10 heteroatoms. The maximum Gasteiger partial charge on any atom is 0.407 e. The number of hydrogen-bond donors (Lipinski definition) is 4. The lowest BCUT2D eigenvalue weighted by Crippen LogP contribution is -3.01. The first kappa shape index (κ1) is 24.3. The van der Waals surface area contributed by atoms with Crippen LogP contribution < -0.4 is 21.0 Å². The van der Waals surface area contributed by atoms with E-state index >= 15 is 0 Å². The van der Waals surface area contributed by atoms with Crippen LogP contribution in [0.4, 0.5) is 4.79 Å². The van der Waals surface area contributed by atoms with Crippen molar-refractivity contribution in [3.63, 3.8) is 0 Å². The molecule has 0 aliphatic heterocycles. The van der Waals surface area contributed by atoms with Crippen LogP contribution in [-0.4, -0.2) is 64.4 Å². The van der Waals surface area contributed by atoms with Gasteiger partial charge in [0.15, 0.2) is 0 Å². The molecule has 0 saturated heterocycles. The van der Waals surface area contributed by atoms with Crippen molar-refractivity contribution in [2.24, 2.45) is 0 Å². The highest BCUT2D eigenvalue weighted by Crippen LogP contribution is 1.94. The fourth-order valence-corrected chi connectivity index (χ4v) is 1.72. The molecule has 0 spiro atoms. The topological polar surface area (TPSA) is 133 Å². The Kier molecular flexibility index (Phi) is 14.0. The zero-order valence-electron chi connectivity index (χ0n) is 15.5. The molecule has 0 fully saturated rings. The average molecular weight is 384 g/mol. The molecule has 0 aromatic rings. The molecule has 27 heavy (non-hydrogen) atoms. The zero-order chi connectivity index (χ0) is 20.5. The molecule has 0 saturated carbocycles. The normalized spacial score (nSPS) is 11.9. The molecule has 0 aliphatic rings. The van der Waals surface area contributed by atoms with Crippen LogP contribution in [0.1, 0.15) is 6.42 Å². The van der Waals surface area contributed by atoms with Gasteiger partial charge in [-0.25, -0.2) is 4.79 Å². The summed E-state index contributed by atoms with van der Waals surface area (Å²) in [5.41, 5.74) is 0.483. The molecule has 1 atom stereocenters. The van der Waals surface area contributed by atoms with Crippen molar-refractivity contribution in [3.8, 4) is 0 Å². The smallest absolute Gasteiger partial charge is 0.407 e. The van der Waals surface area contributed by atoms with Gasteiger partial charge in [-0.15, -0.1) is 0 Å². The van der Waals surface area contributed by atoms with Gasteiger partial charge in [-0.2, -0.15) is 0 Å². The monoisotopic (exact) mass is 384 g/mol. The van der Waals surface area contributed by atoms with Crippen LogP contribution in [0.5, 0.6) is 0 Å². The van der Waals surface area contributed by atoms with Gasteiger partial charge in [0.1, 0.15) is 12.3 Å². The fraction of sp³-hybridized carbons (Fsp3) is 0.471. The molecule has 3 amide bonds. The van der Waals surface area contributed by atoms with E-state index in [1.54, 1.807) is 0 Å². The highest BCUT2D eigenvalue weighted by Gasteiger charge is 2.05. The van der Waals surface area contributed by atoms with Gasteiger partial charge in [0.2, 0.25) is 11.8 Å². The van der Waals surface area contributed by atoms with E-state index in [1.165, 1.54) is 19.2 Å². The third-order valence-electron chi connectivity index (χ3n) is 3.12. The van der Waals surface area contributed by atoms with Crippen molar-refractivity contribution in [1.82, 2.24) is 16.0 Å². The quantitative estimate of drug-likeness (QED) is 0.166. The molecule has 0 rings (SSSR count). The second-order valence-electron chi connectivity index (χ2n) is 5.16. The van der Waals surface area contributed by atoms with Gasteiger partial charge in [-0.1, -0.05) is 13.2 Å². The van der Waals surface area contributed by atoms with Crippen molar-refractivity contribution >= 4 is 17.9 Å². The van der Waals surface area contributed by atoms with E-state index < -0.39 is 6.09 Å². The number of hydrogen-bond acceptors (Lipinski definition) is 6. The molecular formula is C17H28N4O6. The number of alkyl carbamates (subject to hydrolysis) is 1. The molecule has 10 nitrogen and oxygen atoms in total. The predicted molar refractivity (Wildman–Crippen MR) is 99.5 cm³/mol. The van der Waals surface area contributed by atoms with Crippen LogP contribution in [0.15, 0.2) is 37.1 Å². The zero-order valence-corrected chi connectivity index (χ0v) is 15.5. The van der Waals surface area contributed by atoms with Gasteiger partial charge < -0.3 is 35.7 Å². The van der Waals surface area contributed by atoms with Gasteiger partial charge in [0.25, 0.3) is 0 Å². The number of amides is 3. The molecule has 0 heterocycles. The molecule has 152 valence electrons. The molecule has 0 aromatic carbocycles. The number of hydroxylamine groups is 2. The van der Waals surface area contributed by atoms with E-state index in [1.807, 2.05) is 0 Å². The maximum atomic E-state index is 11.6. The molecule has 0 aliphatic carbocycles. The molecule has 0 bridgehead atoms. The summed E-state index contributed by atoms with van der Waals surface area (Å²) in [5.74, 6) is -0.606. The van der Waals surface area contributed by atoms with Gasteiger partial charge in [-0.3, -0.25) is 9.59 Å². The Morgan fingerprint density at radius 1 is 1.00 bits per heavy atom. The van der Waals surface area contributed by atoms with Crippen LogP contribution in [0.25, 0.3) is 0 Å². The van der Waals surface area contributed by atoms with Gasteiger partial charge >= 0.3 is 6.09 Å². The summed E-state index contributed by atoms with van der Waals surface area (Å²) in [6.07, 6.45) is 3.53. The summed E-state index contributed by atoms with van der Waals surface area (Å²) in [5, 5.41) is 18.9. The lowest BCUT2D eigenvalue weighted by molar-refractivity contribution is -0.784. The van der Waals surface area contributed by atoms with Crippen molar-refractivity contribution in [2.75, 3.05) is 46.5 Å². The summed E-state index contributed by atoms with van der Waals surface area (Å²) in [4.78, 5) is 33.3. The Labute approximate surface area is 158 Å². The summed E-state index contributed by atoms with van der Waals surface area (Å²) >= 11 is 0. The summed E-state index contributed by atoms with van der Waals surface area (Å²) in [7, 11) is 1.42. The highest BCUT2D eigenvalue weighted by atomic mass is 16.5. The van der Waals surface area contributed by atoms with Crippen molar-refractivity contribution in [3.05, 3.63) is 42.3 Å². The van der Waals surface area contributed by atoms with Crippen molar-refractivity contribution in [1.29, 1.82) is 0 Å². The largest absolute Gasteiger partial charge is 0.629 e. The number of carbonyl (C=O) groups excluding carboxylic acids is 3. The van der Waals surface area contributed by atoms with Crippen LogP contribution in [0, 0.1) is 5.21 Å². The summed E-state index contributed by atoms with van der Waals surface area (Å²) in [6, 6.07) is 0. The average Bonchev–Trinajstić information content (AvgIpc) is 2.65. The van der Waals surface area contributed by atoms with Crippen LogP contribution >= 0.6 is 0 Å². The van der Waals surface area contributed by atoms with E-state index in [0.717, 1.165) is 6.08 Å². The highest BCUT2D eigenvalue weighted by molar-refractivity contribution is 5.87. The maximum absolute atomic E-state index is 11.6. The Morgan fingerprint density at radius 2 is 1.59 bits per heavy atom. The minimum absolute atomic E-state index is 0.0604. The van der Waals surface area contributed by atoms with E-state index in [4.69, 9.17) is 9.47 Å². The predicted octanol–water partition coefficient (Wildman–Crippen LogP) is -1.38. The van der Waals surface area contributed by atoms with Gasteiger partial charge in [-0.05, 0) is 12.2 Å². The first-order valence-corrected chi connectivity index (χ1v) is 8.39. The van der Waals surface area contributed by atoms with Gasteiger partial charge in [0.05, 0.1) is 20.3 Å². The SMILES string of the molecule is C=CC(=O)NCCNC(=O)OCC=C(CCOCCNC(=O)C=C)[NH+](C)[O-]. The summed E-state index contributed by atoms with van der Waals surface area (Å²) in [6.45, 7) is 7.99. The Bertz CT molecular complexity index is 534. The molecule has 0 radical (unpaired) electrons. The lowest BCUT2D eigenvalue weighted by Gasteiger charge is -2.19. The molecule has 0 aromatic heterocycles. The standard InChI is InChI=1S/C17H28N4O6/c1-4-15(22)18-8-9-20-17(24)27-12-7-14(21(3)25)6-11-26-13-10-19-16(23)5-2/h4-5,7,21H,1-2,6,8-13H2,3H3,(H,18,22)(H,19,23)(H,20,24). The first-order valence-electron chi connectivity index (χ1n) is 8.39. The minimum Gasteiger partial charge on any atom is -0.629 e. The van der Waals surface area contributed by atoms with Crippen LogP contribution in [0.3, 0.4) is 0 Å². The number of quaternary nitrogens is 1. The first-order chi connectivity index (χ1) is 12.9. The number of nitrogens with one attached hydrogen (secondary N) is 4. The minimum atomic E-state index is -0.656. The summed E-state index contributed by atoms with van der Waals surface area (Å²) < 4.78 is 10.3. The van der Waals surface area contributed by atoms with Crippen molar-refractivity contribution in [2.45, 2.75) is 6.42 Å². The lowest BCUT2D eigenvalue weighted by atomic mass is 10.3. The van der Waals surface area contributed by atoms with E-state index in [2.05, 4.69) is 29.1 Å². The number of carbonyl (C=O) groups is 3. The van der Waals surface area contributed by atoms with E-state index in [9.17, 15) is 19.6 Å². The Hall–Kier alpha value is -2.69. The Morgan fingerprint density at radius 3 is 2.19 bits per heavy atom. The van der Waals surface area contributed by atoms with E-state index in [-0.39, 0.29) is 36.6 Å². The molecular weight excluding hydrogens is 356 g/mol. The second kappa shape index (κ2) is 15.6. The van der Waals surface area contributed by atoms with Crippen LogP contribution in [0.2, 0.25) is 0 Å². The third-order valence-corrected chi connectivity index (χ3v) is 3.12. The number of rotatable bonds is 14. The molecule has 1 unspecified atom stereocenters. The van der Waals surface area contributed by atoms with Crippen LogP contribution in [-0.2, 0) is 19.1 Å². The molecule has 4 N–H and O–H groups in total.